The monoisotopic (exact) mass is 1310 g/mol. The molecule has 0 saturated heterocycles. The molecule has 0 N–H and O–H groups in total. The van der Waals surface area contributed by atoms with Crippen LogP contribution in [0.25, 0.3) is 0 Å². The summed E-state index contributed by atoms with van der Waals surface area (Å²) in [6, 6.07) is 33.8. The normalized spacial score (nSPS) is 26.5. The van der Waals surface area contributed by atoms with Crippen molar-refractivity contribution in [3.63, 3.8) is 0 Å². The molecule has 0 spiro atoms. The highest BCUT2D eigenvalue weighted by molar-refractivity contribution is 8.01. The zero-order valence-corrected chi connectivity index (χ0v) is 54.3. The molecule has 0 amide bonds. The SMILES string of the molecule is CC1CC(=O)c2ccc(Cl)cc2S1.Cc1ccc2c(c1)C(=O)CC(C)O2.O=C1c2cc(Cl)ccc2SC2CC12.O=C1c2cc(Cl)ccc2SC2CCC12.O=C1c2cc(Cl)ccc2SC2CCCC12.O=C1c2cc(Cl)ccc2SC2CCCCC12. The number of ether oxygens (including phenoxy) is 1. The van der Waals surface area contributed by atoms with Crippen LogP contribution >= 0.6 is 117 Å². The van der Waals surface area contributed by atoms with Crippen molar-refractivity contribution in [1.82, 2.24) is 0 Å². The molecule has 7 nitrogen and oxygen atoms in total. The van der Waals surface area contributed by atoms with Crippen LogP contribution in [-0.4, -0.2) is 67.1 Å². The average Bonchev–Trinajstić information content (AvgIpc) is 3.63. The highest BCUT2D eigenvalue weighted by Gasteiger charge is 2.48. The molecule has 0 bridgehead atoms. The number of carbonyl (C=O) groups is 6. The van der Waals surface area contributed by atoms with Crippen LogP contribution in [0.4, 0.5) is 0 Å². The van der Waals surface area contributed by atoms with Gasteiger partial charge in [0.25, 0.3) is 0 Å². The van der Waals surface area contributed by atoms with Crippen LogP contribution in [0.3, 0.4) is 0 Å². The number of rotatable bonds is 0. The van der Waals surface area contributed by atoms with Crippen molar-refractivity contribution in [1.29, 1.82) is 0 Å². The van der Waals surface area contributed by atoms with Crippen LogP contribution < -0.4 is 4.74 Å². The summed E-state index contributed by atoms with van der Waals surface area (Å²) in [5.41, 5.74) is 6.02. The minimum absolute atomic E-state index is 0.0164. The number of ketones is 6. The fourth-order valence-electron chi connectivity index (χ4n) is 12.1. The summed E-state index contributed by atoms with van der Waals surface area (Å²) in [5.74, 6) is 3.44. The van der Waals surface area contributed by atoms with Crippen molar-refractivity contribution >= 4 is 152 Å². The predicted molar refractivity (Wildman–Crippen MR) is 348 cm³/mol. The summed E-state index contributed by atoms with van der Waals surface area (Å²) >= 11 is 38.6. The number of halogens is 5. The van der Waals surface area contributed by atoms with Crippen LogP contribution in [0, 0.1) is 30.6 Å². The van der Waals surface area contributed by atoms with Crippen molar-refractivity contribution in [3.05, 3.63) is 173 Å². The summed E-state index contributed by atoms with van der Waals surface area (Å²) in [6.07, 6.45) is 12.6. The topological polar surface area (TPSA) is 112 Å². The Balaban J connectivity index is 0.000000105. The first-order valence-electron chi connectivity index (χ1n) is 28.7. The summed E-state index contributed by atoms with van der Waals surface area (Å²) in [6.45, 7) is 5.96. The van der Waals surface area contributed by atoms with E-state index in [1.165, 1.54) is 38.5 Å². The lowest BCUT2D eigenvalue weighted by atomic mass is 9.79. The highest BCUT2D eigenvalue weighted by atomic mass is 35.5. The lowest BCUT2D eigenvalue weighted by Crippen LogP contribution is -2.38. The molecule has 6 aliphatic heterocycles. The van der Waals surface area contributed by atoms with E-state index >= 15 is 0 Å². The number of thioether (sulfide) groups is 5. The van der Waals surface area contributed by atoms with Gasteiger partial charge in [-0.1, -0.05) is 95.8 Å². The molecule has 6 aromatic rings. The lowest BCUT2D eigenvalue weighted by Gasteiger charge is -2.39. The van der Waals surface area contributed by atoms with Gasteiger partial charge in [0.05, 0.1) is 5.56 Å². The van der Waals surface area contributed by atoms with Crippen LogP contribution in [0.15, 0.2) is 134 Å². The van der Waals surface area contributed by atoms with Gasteiger partial charge in [-0.2, -0.15) is 0 Å². The van der Waals surface area contributed by atoms with Crippen molar-refractivity contribution < 1.29 is 33.5 Å². The van der Waals surface area contributed by atoms with Crippen molar-refractivity contribution in [2.45, 2.75) is 155 Å². The van der Waals surface area contributed by atoms with Crippen LogP contribution in [-0.2, 0) is 0 Å². The third kappa shape index (κ3) is 14.1. The molecule has 4 fully saturated rings. The Morgan fingerprint density at radius 1 is 0.381 bits per heavy atom. The predicted octanol–water partition coefficient (Wildman–Crippen LogP) is 20.2. The van der Waals surface area contributed by atoms with Gasteiger partial charge in [0.1, 0.15) is 11.9 Å². The van der Waals surface area contributed by atoms with Gasteiger partial charge in [-0.15, -0.1) is 58.8 Å². The molecule has 10 atom stereocenters. The summed E-state index contributed by atoms with van der Waals surface area (Å²) in [4.78, 5) is 76.8. The van der Waals surface area contributed by atoms with E-state index in [-0.39, 0.29) is 41.3 Å². The fraction of sp³-hybridized carbons (Fsp3) is 0.373. The molecule has 0 aromatic heterocycles. The van der Waals surface area contributed by atoms with Crippen molar-refractivity contribution in [2.24, 2.45) is 23.7 Å². The maximum atomic E-state index is 12.3. The zero-order chi connectivity index (χ0) is 59.1. The summed E-state index contributed by atoms with van der Waals surface area (Å²) < 4.78 is 5.54. The van der Waals surface area contributed by atoms with E-state index in [9.17, 15) is 28.8 Å². The summed E-state index contributed by atoms with van der Waals surface area (Å²) in [5, 5.41) is 5.86. The lowest BCUT2D eigenvalue weighted by molar-refractivity contribution is 0.0850. The second kappa shape index (κ2) is 27.0. The van der Waals surface area contributed by atoms with Crippen LogP contribution in [0.1, 0.15) is 159 Å². The van der Waals surface area contributed by atoms with E-state index in [0.717, 1.165) is 94.9 Å². The number of hydrogen-bond donors (Lipinski definition) is 0. The number of aryl methyl sites for hydroxylation is 1. The first-order chi connectivity index (χ1) is 40.3. The van der Waals surface area contributed by atoms with Gasteiger partial charge in [0, 0.05) is 140 Å². The molecule has 4 aliphatic carbocycles. The average molecular weight is 1320 g/mol. The number of carbonyl (C=O) groups excluding carboxylic acids is 6. The van der Waals surface area contributed by atoms with E-state index in [1.807, 2.05) is 152 Å². The molecule has 0 radical (unpaired) electrons. The third-order valence-electron chi connectivity index (χ3n) is 16.7. The van der Waals surface area contributed by atoms with Crippen molar-refractivity contribution in [2.75, 3.05) is 0 Å². The zero-order valence-electron chi connectivity index (χ0n) is 46.4. The third-order valence-corrected chi connectivity index (χ3v) is 24.9. The minimum atomic E-state index is 0.0164. The molecule has 16 rings (SSSR count). The number of hydrogen-bond acceptors (Lipinski definition) is 12. The molecule has 17 heteroatoms. The van der Waals surface area contributed by atoms with E-state index < -0.39 is 0 Å². The number of fused-ring (bicyclic) bond motifs is 10. The largest absolute Gasteiger partial charge is 0.489 e. The molecule has 10 aliphatic rings. The first kappa shape index (κ1) is 62.0. The van der Waals surface area contributed by atoms with E-state index in [0.29, 0.717) is 87.3 Å². The molecule has 10 unspecified atom stereocenters. The van der Waals surface area contributed by atoms with Crippen molar-refractivity contribution in [3.8, 4) is 5.75 Å². The van der Waals surface area contributed by atoms with Gasteiger partial charge >= 0.3 is 0 Å². The molecule has 6 heterocycles. The van der Waals surface area contributed by atoms with E-state index in [1.54, 1.807) is 30.0 Å². The molecule has 84 heavy (non-hydrogen) atoms. The fourth-order valence-corrected chi connectivity index (χ4v) is 19.9. The maximum Gasteiger partial charge on any atom is 0.170 e. The Kier molecular flexibility index (Phi) is 19.9. The molecule has 436 valence electrons. The van der Waals surface area contributed by atoms with E-state index in [2.05, 4.69) is 6.92 Å². The van der Waals surface area contributed by atoms with Crippen LogP contribution in [0.2, 0.25) is 25.1 Å². The quantitative estimate of drug-likeness (QED) is 0.144. The maximum absolute atomic E-state index is 12.3. The Morgan fingerprint density at radius 3 is 1.33 bits per heavy atom. The molecular weight excluding hydrogens is 1250 g/mol. The second-order valence-electron chi connectivity index (χ2n) is 22.9. The number of benzene rings is 6. The van der Waals surface area contributed by atoms with Crippen LogP contribution in [0.5, 0.6) is 5.75 Å². The first-order valence-corrected chi connectivity index (χ1v) is 35.0. The smallest absolute Gasteiger partial charge is 0.170 e. The Bertz CT molecular complexity index is 3600. The second-order valence-corrected chi connectivity index (χ2v) is 31.6. The van der Waals surface area contributed by atoms with E-state index in [4.69, 9.17) is 62.7 Å². The van der Waals surface area contributed by atoms with Gasteiger partial charge in [-0.25, -0.2) is 0 Å². The minimum Gasteiger partial charge on any atom is -0.489 e. The Morgan fingerprint density at radius 2 is 0.810 bits per heavy atom. The standard InChI is InChI=1S/C13H13ClOS.C12H11ClOS.C11H9ClOS.C11H12O2.C10H7ClOS.C10H9ClOS/c14-8-5-6-12-10(7-8)13(15)9-3-1-2-4-11(9)16-12;13-7-4-5-11-9(6-7)12(14)8-2-1-3-10(8)15-11;12-6-1-3-10-8(5-6)11(13)7-2-4-9(7)14-10;1-7-3-4-11-9(5-7)10(12)6-8(2)13-11;11-5-1-2-8-6(3-5)10(12)7-4-9(7)13-8;1-6-4-9(12)8-3-2-7(11)5-10(8)13-6/h5-7,9,11H,1-4H2;4-6,8,10H,1-3H2;1,3,5,7,9H,2,4H2;3-5,8H,6H2,1-2H3;1-3,7,9H,4H2;2-3,5-6H,4H2,1H3. The van der Waals surface area contributed by atoms with Gasteiger partial charge in [-0.3, -0.25) is 28.8 Å². The Hall–Kier alpha value is -3.66. The van der Waals surface area contributed by atoms with Gasteiger partial charge in [0.2, 0.25) is 0 Å². The molecule has 6 aromatic carbocycles. The summed E-state index contributed by atoms with van der Waals surface area (Å²) in [7, 11) is 0. The molecular formula is C67H61Cl5O7S5. The van der Waals surface area contributed by atoms with Gasteiger partial charge < -0.3 is 4.74 Å². The Labute approximate surface area is 537 Å². The van der Waals surface area contributed by atoms with Gasteiger partial charge in [-0.05, 0) is 162 Å². The number of Topliss-reactive ketones (excluding diaryl/α,β-unsaturated/α-hetero) is 6. The molecule has 4 saturated carbocycles. The highest BCUT2D eigenvalue weighted by Crippen LogP contribution is 2.53. The van der Waals surface area contributed by atoms with Gasteiger partial charge in [0.15, 0.2) is 34.7 Å².